The molecule has 118 valence electrons. The van der Waals surface area contributed by atoms with E-state index in [0.717, 1.165) is 25.3 Å². The van der Waals surface area contributed by atoms with Gasteiger partial charge in [0, 0.05) is 18.8 Å². The van der Waals surface area contributed by atoms with Gasteiger partial charge in [-0.2, -0.15) is 0 Å². The third-order valence-corrected chi connectivity index (χ3v) is 3.01. The van der Waals surface area contributed by atoms with Crippen LogP contribution in [-0.4, -0.2) is 24.2 Å². The van der Waals surface area contributed by atoms with Gasteiger partial charge >= 0.3 is 0 Å². The zero-order valence-electron chi connectivity index (χ0n) is 13.3. The second-order valence-electron chi connectivity index (χ2n) is 5.36. The predicted molar refractivity (Wildman–Crippen MR) is 88.3 cm³/mol. The molecule has 0 amide bonds. The normalized spacial score (nSPS) is 10.7. The van der Waals surface area contributed by atoms with Gasteiger partial charge in [-0.1, -0.05) is 18.2 Å². The molecular weight excluding hydrogens is 276 g/mol. The maximum absolute atomic E-state index is 5.63. The zero-order valence-corrected chi connectivity index (χ0v) is 13.3. The first-order valence-electron chi connectivity index (χ1n) is 7.74. The number of nitrogens with zero attached hydrogens (tertiary/aromatic N) is 1. The van der Waals surface area contributed by atoms with Crippen LogP contribution in [0.3, 0.4) is 0 Å². The lowest BCUT2D eigenvalue weighted by molar-refractivity contribution is 0.242. The summed E-state index contributed by atoms with van der Waals surface area (Å²) in [7, 11) is 0. The van der Waals surface area contributed by atoms with Crippen molar-refractivity contribution < 1.29 is 9.47 Å². The maximum Gasteiger partial charge on any atom is 0.213 e. The molecule has 0 aliphatic heterocycles. The number of rotatable bonds is 9. The highest BCUT2D eigenvalue weighted by molar-refractivity contribution is 5.27. The molecule has 0 bridgehead atoms. The van der Waals surface area contributed by atoms with Crippen molar-refractivity contribution in [2.24, 2.45) is 0 Å². The van der Waals surface area contributed by atoms with E-state index >= 15 is 0 Å². The third-order valence-electron chi connectivity index (χ3n) is 3.01. The van der Waals surface area contributed by atoms with E-state index < -0.39 is 0 Å². The van der Waals surface area contributed by atoms with Gasteiger partial charge in [-0.25, -0.2) is 4.98 Å². The summed E-state index contributed by atoms with van der Waals surface area (Å²) in [4.78, 5) is 4.12. The monoisotopic (exact) mass is 300 g/mol. The highest BCUT2D eigenvalue weighted by Crippen LogP contribution is 2.13. The van der Waals surface area contributed by atoms with Gasteiger partial charge in [0.05, 0.1) is 12.7 Å². The second-order valence-corrected chi connectivity index (χ2v) is 5.36. The first-order valence-corrected chi connectivity index (χ1v) is 7.74. The highest BCUT2D eigenvalue weighted by atomic mass is 16.5. The van der Waals surface area contributed by atoms with Gasteiger partial charge in [0.15, 0.2) is 0 Å². The van der Waals surface area contributed by atoms with Crippen LogP contribution in [0.2, 0.25) is 0 Å². The molecule has 0 radical (unpaired) electrons. The molecule has 2 rings (SSSR count). The Morgan fingerprint density at radius 3 is 2.59 bits per heavy atom. The number of hydrogen-bond donors (Lipinski definition) is 1. The maximum atomic E-state index is 5.63. The molecule has 1 N–H and O–H groups in total. The van der Waals surface area contributed by atoms with Crippen molar-refractivity contribution >= 4 is 0 Å². The summed E-state index contributed by atoms with van der Waals surface area (Å²) in [6.07, 6.45) is 2.90. The van der Waals surface area contributed by atoms with Crippen LogP contribution in [0.25, 0.3) is 0 Å². The molecule has 0 aliphatic rings. The lowest BCUT2D eigenvalue weighted by Crippen LogP contribution is -2.17. The minimum absolute atomic E-state index is 0.211. The first-order chi connectivity index (χ1) is 10.7. The minimum Gasteiger partial charge on any atom is -0.491 e. The minimum atomic E-state index is 0.211. The molecule has 4 nitrogen and oxygen atoms in total. The smallest absolute Gasteiger partial charge is 0.213 e. The van der Waals surface area contributed by atoms with E-state index in [0.29, 0.717) is 12.5 Å². The van der Waals surface area contributed by atoms with Gasteiger partial charge < -0.3 is 14.8 Å². The van der Waals surface area contributed by atoms with Crippen molar-refractivity contribution in [1.82, 2.24) is 10.3 Å². The summed E-state index contributed by atoms with van der Waals surface area (Å²) in [6.45, 7) is 6.50. The SMILES string of the molecule is CC(C)Oc1ccc(CNCCCOc2ccccn2)cc1. The summed E-state index contributed by atoms with van der Waals surface area (Å²) >= 11 is 0. The van der Waals surface area contributed by atoms with E-state index in [4.69, 9.17) is 9.47 Å². The Balaban J connectivity index is 1.58. The molecule has 0 fully saturated rings. The summed E-state index contributed by atoms with van der Waals surface area (Å²) in [6, 6.07) is 13.9. The number of aromatic nitrogens is 1. The summed E-state index contributed by atoms with van der Waals surface area (Å²) in [5.41, 5.74) is 1.25. The Kier molecular flexibility index (Phi) is 6.71. The van der Waals surface area contributed by atoms with Crippen LogP contribution >= 0.6 is 0 Å². The third kappa shape index (κ3) is 6.14. The van der Waals surface area contributed by atoms with E-state index in [9.17, 15) is 0 Å². The molecule has 1 aromatic heterocycles. The Labute approximate surface area is 132 Å². The zero-order chi connectivity index (χ0) is 15.6. The van der Waals surface area contributed by atoms with Crippen molar-refractivity contribution in [1.29, 1.82) is 0 Å². The Bertz CT molecular complexity index is 527. The van der Waals surface area contributed by atoms with Crippen LogP contribution < -0.4 is 14.8 Å². The van der Waals surface area contributed by atoms with Gasteiger partial charge in [0.2, 0.25) is 5.88 Å². The molecule has 22 heavy (non-hydrogen) atoms. The van der Waals surface area contributed by atoms with E-state index in [-0.39, 0.29) is 6.10 Å². The van der Waals surface area contributed by atoms with E-state index in [1.165, 1.54) is 5.56 Å². The van der Waals surface area contributed by atoms with Crippen molar-refractivity contribution in [3.05, 3.63) is 54.2 Å². The summed E-state index contributed by atoms with van der Waals surface area (Å²) < 4.78 is 11.2. The lowest BCUT2D eigenvalue weighted by Gasteiger charge is -2.10. The van der Waals surface area contributed by atoms with Crippen LogP contribution in [0.1, 0.15) is 25.8 Å². The topological polar surface area (TPSA) is 43.4 Å². The molecule has 0 spiro atoms. The molecule has 0 saturated heterocycles. The van der Waals surface area contributed by atoms with Crippen molar-refractivity contribution in [3.8, 4) is 11.6 Å². The molecule has 0 saturated carbocycles. The number of nitrogens with one attached hydrogen (secondary N) is 1. The fourth-order valence-electron chi connectivity index (χ4n) is 2.00. The van der Waals surface area contributed by atoms with Gasteiger partial charge in [-0.3, -0.25) is 0 Å². The molecule has 0 unspecified atom stereocenters. The standard InChI is InChI=1S/C18H24N2O2/c1-15(2)22-17-9-7-16(8-10-17)14-19-11-5-13-21-18-6-3-4-12-20-18/h3-4,6-10,12,15,19H,5,11,13-14H2,1-2H3. The molecule has 1 aromatic carbocycles. The number of benzene rings is 1. The molecule has 1 heterocycles. The quantitative estimate of drug-likeness (QED) is 0.721. The van der Waals surface area contributed by atoms with Gasteiger partial charge in [-0.05, 0) is 50.6 Å². The number of pyridine rings is 1. The average Bonchev–Trinajstić information content (AvgIpc) is 2.53. The van der Waals surface area contributed by atoms with Crippen LogP contribution in [0, 0.1) is 0 Å². The average molecular weight is 300 g/mol. The van der Waals surface area contributed by atoms with Crippen molar-refractivity contribution in [3.63, 3.8) is 0 Å². The van der Waals surface area contributed by atoms with Crippen LogP contribution in [0.5, 0.6) is 11.6 Å². The summed E-state index contributed by atoms with van der Waals surface area (Å²) in [5.74, 6) is 1.60. The Morgan fingerprint density at radius 2 is 1.91 bits per heavy atom. The first kappa shape index (κ1) is 16.3. The van der Waals surface area contributed by atoms with Gasteiger partial charge in [0.25, 0.3) is 0 Å². The molecule has 0 atom stereocenters. The van der Waals surface area contributed by atoms with E-state index in [1.54, 1.807) is 6.20 Å². The highest BCUT2D eigenvalue weighted by Gasteiger charge is 1.98. The van der Waals surface area contributed by atoms with Crippen LogP contribution in [-0.2, 0) is 6.54 Å². The number of hydrogen-bond acceptors (Lipinski definition) is 4. The van der Waals surface area contributed by atoms with E-state index in [1.807, 2.05) is 44.2 Å². The largest absolute Gasteiger partial charge is 0.491 e. The second kappa shape index (κ2) is 9.05. The summed E-state index contributed by atoms with van der Waals surface area (Å²) in [5, 5.41) is 3.41. The fourth-order valence-corrected chi connectivity index (χ4v) is 2.00. The lowest BCUT2D eigenvalue weighted by atomic mass is 10.2. The van der Waals surface area contributed by atoms with Crippen molar-refractivity contribution in [2.45, 2.75) is 32.9 Å². The molecular formula is C18H24N2O2. The van der Waals surface area contributed by atoms with Gasteiger partial charge in [0.1, 0.15) is 5.75 Å². The van der Waals surface area contributed by atoms with Crippen LogP contribution in [0.15, 0.2) is 48.7 Å². The molecule has 4 heteroatoms. The Hall–Kier alpha value is -2.07. The van der Waals surface area contributed by atoms with E-state index in [2.05, 4.69) is 22.4 Å². The molecule has 0 aliphatic carbocycles. The van der Waals surface area contributed by atoms with Crippen LogP contribution in [0.4, 0.5) is 0 Å². The Morgan fingerprint density at radius 1 is 1.09 bits per heavy atom. The number of ether oxygens (including phenoxy) is 2. The van der Waals surface area contributed by atoms with Gasteiger partial charge in [-0.15, -0.1) is 0 Å². The van der Waals surface area contributed by atoms with Crippen molar-refractivity contribution in [2.75, 3.05) is 13.2 Å². The predicted octanol–water partition coefficient (Wildman–Crippen LogP) is 3.43. The molecule has 2 aromatic rings. The fraction of sp³-hybridized carbons (Fsp3) is 0.389.